The molecular weight excluding hydrogens is 1440 g/mol. The van der Waals surface area contributed by atoms with Gasteiger partial charge in [0, 0.05) is 44.4 Å². The number of hydrogen-bond donors (Lipinski definition) is 0. The molecule has 13 aliphatic rings. The average Bonchev–Trinajstić information content (AvgIpc) is 1.50. The van der Waals surface area contributed by atoms with Crippen molar-refractivity contribution in [3.8, 4) is 23.0 Å². The zero-order valence-electron chi connectivity index (χ0n) is 50.8. The Morgan fingerprint density at radius 1 is 0.380 bits per heavy atom. The van der Waals surface area contributed by atoms with E-state index in [0.717, 1.165) is 0 Å². The number of fused-ring (bicyclic) bond motifs is 2. The molecule has 2 aromatic rings. The largest absolute Gasteiger partial charge is 1.00 e. The minimum absolute atomic E-state index is 0. The summed E-state index contributed by atoms with van der Waals surface area (Å²) >= 11 is 6.87. The molecule has 2 aromatic carbocycles. The minimum atomic E-state index is -4.61. The van der Waals surface area contributed by atoms with E-state index in [0.29, 0.717) is 57.6 Å². The second-order valence-corrected chi connectivity index (χ2v) is 29.3. The molecule has 40 heteroatoms. The number of ether oxygens (including phenoxy) is 4. The monoisotopic (exact) mass is 1500 g/mol. The summed E-state index contributed by atoms with van der Waals surface area (Å²) in [5.41, 5.74) is -4.38. The van der Waals surface area contributed by atoms with Crippen molar-refractivity contribution in [2.24, 2.45) is 0 Å². The number of alkyl halides is 2. The smallest absolute Gasteiger partial charge is 0.748 e. The van der Waals surface area contributed by atoms with Gasteiger partial charge in [0.05, 0.1) is 72.8 Å². The van der Waals surface area contributed by atoms with Crippen LogP contribution in [0.1, 0.15) is 62.8 Å². The maximum Gasteiger partial charge on any atom is 1.00 e. The van der Waals surface area contributed by atoms with Gasteiger partial charge < -0.3 is 28.1 Å². The molecule has 0 aromatic heterocycles. The molecule has 0 N–H and O–H groups in total. The number of carbonyl (C=O) groups is 8. The Morgan fingerprint density at radius 2 is 0.598 bits per heavy atom. The zero-order valence-corrected chi connectivity index (χ0v) is 61.9. The average molecular weight is 1500 g/mol. The van der Waals surface area contributed by atoms with Crippen molar-refractivity contribution >= 4 is 100 Å². The number of amides is 16. The van der Waals surface area contributed by atoms with Gasteiger partial charge in [0.25, 0.3) is 0 Å². The first-order valence-electron chi connectivity index (χ1n) is 29.1. The van der Waals surface area contributed by atoms with Crippen LogP contribution in [0.3, 0.4) is 0 Å². The predicted octanol–water partition coefficient (Wildman–Crippen LogP) is -4.55. The minimum Gasteiger partial charge on any atom is -0.748 e. The molecular formula is C52H60Br2K2N16O18S2. The Balaban J connectivity index is 0.00000386. The molecule has 0 bridgehead atoms. The van der Waals surface area contributed by atoms with Crippen LogP contribution in [0.4, 0.5) is 38.4 Å². The third-order valence-corrected chi connectivity index (χ3v) is 23.1. The van der Waals surface area contributed by atoms with Crippen molar-refractivity contribution in [1.82, 2.24) is 78.4 Å². The van der Waals surface area contributed by atoms with Gasteiger partial charge in [0.1, 0.15) is 63.0 Å². The summed E-state index contributed by atoms with van der Waals surface area (Å²) in [4.78, 5) is 147. The first-order chi connectivity index (χ1) is 42.6. The summed E-state index contributed by atoms with van der Waals surface area (Å²) in [6, 6.07) is 1.45. The molecule has 11 fully saturated rings. The molecule has 0 aliphatic carbocycles. The van der Waals surface area contributed by atoms with Gasteiger partial charge in [-0.3, -0.25) is 78.4 Å². The SMILES string of the molecule is CC12N3Cc4c(OCCBr)ccc(OCCBr)c4CN1C(=O)N1CN4C(=O)N5CN6C(=O)N7CN8C(=O)N9Cc%10c(OCCCS(=O)(=O)[O-])ccc(OCCCS(=O)(=O)[O-])c%10CN%10C(=O)N(CN%11C(=O)N(CN%12C(=O)N(CN(C3=O)C12C)C4C%125)C6C%117)C8(C)C%109C.[K+].[K+]. The molecule has 11 saturated heterocycles. The molecule has 0 spiro atoms. The zero-order chi connectivity index (χ0) is 63.6. The quantitative estimate of drug-likeness (QED) is 0.0661. The van der Waals surface area contributed by atoms with Crippen LogP contribution >= 0.6 is 31.9 Å². The number of nitrogens with zero attached hydrogens (tertiary/aromatic N) is 16. The van der Waals surface area contributed by atoms with Crippen molar-refractivity contribution in [1.29, 1.82) is 0 Å². The van der Waals surface area contributed by atoms with Gasteiger partial charge in [-0.05, 0) is 64.8 Å². The van der Waals surface area contributed by atoms with E-state index < -0.39 is 167 Å². The van der Waals surface area contributed by atoms with Gasteiger partial charge in [-0.25, -0.2) is 55.2 Å². The number of rotatable bonds is 16. The number of halogens is 2. The molecule has 15 rings (SSSR count). The van der Waals surface area contributed by atoms with Crippen LogP contribution in [-0.4, -0.2) is 289 Å². The Hall–Kier alpha value is -4.15. The number of benzene rings is 2. The van der Waals surface area contributed by atoms with E-state index in [1.807, 2.05) is 0 Å². The molecule has 484 valence electrons. The molecule has 0 saturated carbocycles. The first-order valence-corrected chi connectivity index (χ1v) is 34.5. The molecule has 13 aliphatic heterocycles. The van der Waals surface area contributed by atoms with Crippen LogP contribution in [0, 0.1) is 0 Å². The molecule has 92 heavy (non-hydrogen) atoms. The standard InChI is InChI=1S/C52H62Br2N16O18S2.2K/c1-49-51(3)67-25-59-39-37-55(41(59)71)23-57-38-40-61(43(57)73)27-69-47(77)65-21-31-32(36(88-16-12-54)10-9-35(31)87-15-11-53)22-66-48(78)70(52(69,4)50(65,66)2)28-62(40)44(74)58(38)24-56(37)42(72)60(39)26-68(51)46(76)64(49)20-30-29(19-63(49)45(67)75)33(85-13-5-17-89(79,80)81)7-8-34(30)86-14-6-18-90(82,83)84;;/h7-10,37-40H,5-6,11-28H2,1-4H3,(H,79,80,81)(H,82,83,84);;/q;2*+1/p-2. The van der Waals surface area contributed by atoms with E-state index in [-0.39, 0.29) is 167 Å². The van der Waals surface area contributed by atoms with Gasteiger partial charge in [-0.2, -0.15) is 0 Å². The van der Waals surface area contributed by atoms with Crippen LogP contribution in [0.25, 0.3) is 0 Å². The van der Waals surface area contributed by atoms with Crippen molar-refractivity contribution in [2.75, 3.05) is 88.6 Å². The van der Waals surface area contributed by atoms with Gasteiger partial charge in [-0.1, -0.05) is 31.9 Å². The third kappa shape index (κ3) is 8.88. The first kappa shape index (κ1) is 66.5. The molecule has 0 atom stereocenters. The maximum absolute atomic E-state index is 15.6. The fourth-order valence-electron chi connectivity index (χ4n) is 16.3. The van der Waals surface area contributed by atoms with E-state index in [4.69, 9.17) is 18.9 Å². The number of carbonyl (C=O) groups excluding carboxylic acids is 8. The van der Waals surface area contributed by atoms with Crippen LogP contribution in [0.5, 0.6) is 23.0 Å². The van der Waals surface area contributed by atoms with E-state index in [1.165, 1.54) is 80.7 Å². The number of hydrogen-bond acceptors (Lipinski definition) is 18. The molecule has 34 nitrogen and oxygen atoms in total. The second-order valence-electron chi connectivity index (χ2n) is 24.7. The van der Waals surface area contributed by atoms with Gasteiger partial charge in [0.2, 0.25) is 0 Å². The fraction of sp³-hybridized carbons (Fsp3) is 0.615. The maximum atomic E-state index is 15.6. The fourth-order valence-corrected chi connectivity index (χ4v) is 17.6. The van der Waals surface area contributed by atoms with Gasteiger partial charge in [0.15, 0.2) is 47.3 Å². The molecule has 0 radical (unpaired) electrons. The Bertz CT molecular complexity index is 3630. The van der Waals surface area contributed by atoms with Crippen LogP contribution in [0.15, 0.2) is 24.3 Å². The number of urea groups is 8. The second kappa shape index (κ2) is 22.7. The van der Waals surface area contributed by atoms with Crippen molar-refractivity contribution < 1.29 is 186 Å². The molecule has 0 unspecified atom stereocenters. The van der Waals surface area contributed by atoms with E-state index >= 15 is 38.4 Å². The molecule has 13 heterocycles. The molecule has 16 amide bonds. The van der Waals surface area contributed by atoms with Crippen molar-refractivity contribution in [3.05, 3.63) is 46.5 Å². The topological polar surface area (TPSA) is 340 Å². The van der Waals surface area contributed by atoms with E-state index in [1.54, 1.807) is 49.6 Å². The Kier molecular flexibility index (Phi) is 16.4. The normalized spacial score (nSPS) is 30.2. The van der Waals surface area contributed by atoms with Crippen LogP contribution in [-0.2, 0) is 46.4 Å². The van der Waals surface area contributed by atoms with E-state index in [9.17, 15) is 25.9 Å². The third-order valence-electron chi connectivity index (χ3n) is 20.9. The van der Waals surface area contributed by atoms with Crippen molar-refractivity contribution in [3.63, 3.8) is 0 Å². The van der Waals surface area contributed by atoms with Crippen molar-refractivity contribution in [2.45, 2.75) is 114 Å². The van der Waals surface area contributed by atoms with Crippen LogP contribution < -0.4 is 122 Å². The Morgan fingerprint density at radius 3 is 0.826 bits per heavy atom. The van der Waals surface area contributed by atoms with E-state index in [2.05, 4.69) is 31.9 Å². The van der Waals surface area contributed by atoms with Gasteiger partial charge >= 0.3 is 151 Å². The van der Waals surface area contributed by atoms with Crippen LogP contribution in [0.2, 0.25) is 0 Å². The predicted molar refractivity (Wildman–Crippen MR) is 306 cm³/mol. The summed E-state index contributed by atoms with van der Waals surface area (Å²) in [6.07, 6.45) is -5.21. The summed E-state index contributed by atoms with van der Waals surface area (Å²) in [5, 5.41) is 1.03. The van der Waals surface area contributed by atoms with Gasteiger partial charge in [-0.15, -0.1) is 0 Å². The Labute approximate surface area is 629 Å². The summed E-state index contributed by atoms with van der Waals surface area (Å²) in [5.74, 6) is -0.188. The summed E-state index contributed by atoms with van der Waals surface area (Å²) < 4.78 is 93.7. The summed E-state index contributed by atoms with van der Waals surface area (Å²) in [7, 11) is -9.22. The summed E-state index contributed by atoms with van der Waals surface area (Å²) in [6.45, 7) is 3.49.